The molecule has 0 saturated carbocycles. The first-order chi connectivity index (χ1) is 8.11. The summed E-state index contributed by atoms with van der Waals surface area (Å²) >= 11 is 1.85. The second-order valence-electron chi connectivity index (χ2n) is 4.99. The Kier molecular flexibility index (Phi) is 6.78. The largest absolute Gasteiger partial charge is 0.312 e. The molecule has 0 radical (unpaired) electrons. The minimum Gasteiger partial charge on any atom is -0.312 e. The van der Waals surface area contributed by atoms with Gasteiger partial charge in [0.15, 0.2) is 0 Å². The van der Waals surface area contributed by atoms with E-state index in [0.29, 0.717) is 6.04 Å². The first kappa shape index (κ1) is 14.7. The van der Waals surface area contributed by atoms with Crippen LogP contribution in [-0.4, -0.2) is 31.1 Å². The highest BCUT2D eigenvalue weighted by molar-refractivity contribution is 7.10. The van der Waals surface area contributed by atoms with Crippen molar-refractivity contribution in [2.24, 2.45) is 0 Å². The molecule has 0 bridgehead atoms. The molecular formula is C14H26N2S. The highest BCUT2D eigenvalue weighted by Gasteiger charge is 2.02. The molecule has 0 atom stereocenters. The van der Waals surface area contributed by atoms with Gasteiger partial charge in [-0.15, -0.1) is 11.3 Å². The highest BCUT2D eigenvalue weighted by atomic mass is 32.1. The Morgan fingerprint density at radius 2 is 2.12 bits per heavy atom. The van der Waals surface area contributed by atoms with E-state index in [2.05, 4.69) is 49.5 Å². The molecule has 1 rings (SSSR count). The zero-order valence-corrected chi connectivity index (χ0v) is 12.4. The Balaban J connectivity index is 2.00. The molecule has 0 unspecified atom stereocenters. The SMILES string of the molecule is Cc1ccsc1CNCCCCN(C)C(C)C. The van der Waals surface area contributed by atoms with Crippen molar-refractivity contribution in [3.63, 3.8) is 0 Å². The zero-order valence-electron chi connectivity index (χ0n) is 11.6. The van der Waals surface area contributed by atoms with Crippen molar-refractivity contribution in [2.45, 2.75) is 46.2 Å². The van der Waals surface area contributed by atoms with Gasteiger partial charge in [-0.05, 0) is 70.8 Å². The van der Waals surface area contributed by atoms with E-state index in [1.54, 1.807) is 0 Å². The molecule has 1 aromatic rings. The van der Waals surface area contributed by atoms with Crippen molar-refractivity contribution in [1.29, 1.82) is 0 Å². The molecular weight excluding hydrogens is 228 g/mol. The molecule has 98 valence electrons. The van der Waals surface area contributed by atoms with Gasteiger partial charge >= 0.3 is 0 Å². The summed E-state index contributed by atoms with van der Waals surface area (Å²) in [5.41, 5.74) is 1.42. The van der Waals surface area contributed by atoms with Gasteiger partial charge in [-0.1, -0.05) is 0 Å². The van der Waals surface area contributed by atoms with Gasteiger partial charge in [0.2, 0.25) is 0 Å². The van der Waals surface area contributed by atoms with E-state index in [0.717, 1.165) is 13.1 Å². The summed E-state index contributed by atoms with van der Waals surface area (Å²) in [4.78, 5) is 3.88. The van der Waals surface area contributed by atoms with E-state index in [1.807, 2.05) is 11.3 Å². The molecule has 0 aliphatic carbocycles. The lowest BCUT2D eigenvalue weighted by molar-refractivity contribution is 0.268. The average Bonchev–Trinajstić information content (AvgIpc) is 2.68. The zero-order chi connectivity index (χ0) is 12.7. The van der Waals surface area contributed by atoms with Gasteiger partial charge in [0.25, 0.3) is 0 Å². The van der Waals surface area contributed by atoms with Gasteiger partial charge in [-0.25, -0.2) is 0 Å². The first-order valence-corrected chi connectivity index (χ1v) is 7.43. The molecule has 2 nitrogen and oxygen atoms in total. The van der Waals surface area contributed by atoms with Crippen LogP contribution in [0.4, 0.5) is 0 Å². The molecule has 0 spiro atoms. The molecule has 17 heavy (non-hydrogen) atoms. The summed E-state index contributed by atoms with van der Waals surface area (Å²) in [5, 5.41) is 5.69. The predicted octanol–water partition coefficient (Wildman–Crippen LogP) is 3.27. The van der Waals surface area contributed by atoms with Crippen molar-refractivity contribution in [3.8, 4) is 0 Å². The van der Waals surface area contributed by atoms with Crippen molar-refractivity contribution in [2.75, 3.05) is 20.1 Å². The monoisotopic (exact) mass is 254 g/mol. The quantitative estimate of drug-likeness (QED) is 0.716. The Morgan fingerprint density at radius 1 is 1.35 bits per heavy atom. The van der Waals surface area contributed by atoms with Crippen LogP contribution >= 0.6 is 11.3 Å². The summed E-state index contributed by atoms with van der Waals surface area (Å²) in [6.07, 6.45) is 2.55. The molecule has 0 aliphatic rings. The number of nitrogens with one attached hydrogen (secondary N) is 1. The van der Waals surface area contributed by atoms with Crippen LogP contribution in [0.1, 0.15) is 37.1 Å². The van der Waals surface area contributed by atoms with Gasteiger partial charge in [-0.2, -0.15) is 0 Å². The number of hydrogen-bond acceptors (Lipinski definition) is 3. The maximum atomic E-state index is 3.52. The number of unbranched alkanes of at least 4 members (excludes halogenated alkanes) is 1. The molecule has 0 aliphatic heterocycles. The van der Waals surface area contributed by atoms with Crippen LogP contribution in [0.2, 0.25) is 0 Å². The maximum Gasteiger partial charge on any atom is 0.0302 e. The Morgan fingerprint density at radius 3 is 2.71 bits per heavy atom. The Labute approximate surface area is 110 Å². The van der Waals surface area contributed by atoms with Crippen LogP contribution < -0.4 is 5.32 Å². The number of nitrogens with zero attached hydrogens (tertiary/aromatic N) is 1. The number of hydrogen-bond donors (Lipinski definition) is 1. The maximum absolute atomic E-state index is 3.52. The fourth-order valence-electron chi connectivity index (χ4n) is 1.66. The predicted molar refractivity (Wildman–Crippen MR) is 77.8 cm³/mol. The summed E-state index contributed by atoms with van der Waals surface area (Å²) in [6, 6.07) is 2.86. The van der Waals surface area contributed by atoms with Gasteiger partial charge in [0.1, 0.15) is 0 Å². The molecule has 0 amide bonds. The van der Waals surface area contributed by atoms with Crippen molar-refractivity contribution < 1.29 is 0 Å². The lowest BCUT2D eigenvalue weighted by atomic mass is 10.2. The molecule has 0 fully saturated rings. The number of aryl methyl sites for hydroxylation is 1. The molecule has 1 N–H and O–H groups in total. The normalized spacial score (nSPS) is 11.6. The second-order valence-corrected chi connectivity index (χ2v) is 5.99. The van der Waals surface area contributed by atoms with Crippen molar-refractivity contribution in [3.05, 3.63) is 21.9 Å². The lowest BCUT2D eigenvalue weighted by Crippen LogP contribution is -2.27. The van der Waals surface area contributed by atoms with Crippen LogP contribution in [0.5, 0.6) is 0 Å². The molecule has 1 aromatic heterocycles. The Bertz CT molecular complexity index is 307. The van der Waals surface area contributed by atoms with Crippen LogP contribution in [0.3, 0.4) is 0 Å². The van der Waals surface area contributed by atoms with Crippen LogP contribution in [0.15, 0.2) is 11.4 Å². The fourth-order valence-corrected chi connectivity index (χ4v) is 2.53. The smallest absolute Gasteiger partial charge is 0.0302 e. The minimum atomic E-state index is 0.664. The molecule has 0 aromatic carbocycles. The summed E-state index contributed by atoms with van der Waals surface area (Å²) in [6.45, 7) is 10.0. The van der Waals surface area contributed by atoms with Gasteiger partial charge in [0, 0.05) is 17.5 Å². The topological polar surface area (TPSA) is 15.3 Å². The van der Waals surface area contributed by atoms with Crippen LogP contribution in [0.25, 0.3) is 0 Å². The first-order valence-electron chi connectivity index (χ1n) is 6.55. The lowest BCUT2D eigenvalue weighted by Gasteiger charge is -2.20. The standard InChI is InChI=1S/C14H26N2S/c1-12(2)16(4)9-6-5-8-15-11-14-13(3)7-10-17-14/h7,10,12,15H,5-6,8-9,11H2,1-4H3. The van der Waals surface area contributed by atoms with Crippen LogP contribution in [-0.2, 0) is 6.54 Å². The summed E-state index contributed by atoms with van der Waals surface area (Å²) in [7, 11) is 2.20. The fraction of sp³-hybridized carbons (Fsp3) is 0.714. The highest BCUT2D eigenvalue weighted by Crippen LogP contribution is 2.14. The molecule has 3 heteroatoms. The summed E-state index contributed by atoms with van der Waals surface area (Å²) < 4.78 is 0. The van der Waals surface area contributed by atoms with E-state index in [9.17, 15) is 0 Å². The van der Waals surface area contributed by atoms with E-state index in [1.165, 1.54) is 29.8 Å². The molecule has 0 saturated heterocycles. The van der Waals surface area contributed by atoms with E-state index >= 15 is 0 Å². The van der Waals surface area contributed by atoms with E-state index < -0.39 is 0 Å². The van der Waals surface area contributed by atoms with Gasteiger partial charge < -0.3 is 10.2 Å². The van der Waals surface area contributed by atoms with Crippen molar-refractivity contribution >= 4 is 11.3 Å². The van der Waals surface area contributed by atoms with Gasteiger partial charge in [-0.3, -0.25) is 0 Å². The average molecular weight is 254 g/mol. The van der Waals surface area contributed by atoms with Crippen molar-refractivity contribution in [1.82, 2.24) is 10.2 Å². The summed E-state index contributed by atoms with van der Waals surface area (Å²) in [5.74, 6) is 0. The number of thiophene rings is 1. The number of rotatable bonds is 8. The third-order valence-corrected chi connectivity index (χ3v) is 4.27. The second kappa shape index (κ2) is 7.85. The Hall–Kier alpha value is -0.380. The molecule has 1 heterocycles. The van der Waals surface area contributed by atoms with Crippen LogP contribution in [0, 0.1) is 6.92 Å². The van der Waals surface area contributed by atoms with Gasteiger partial charge in [0.05, 0.1) is 0 Å². The third-order valence-electron chi connectivity index (χ3n) is 3.25. The third kappa shape index (κ3) is 5.66. The van der Waals surface area contributed by atoms with E-state index in [4.69, 9.17) is 0 Å². The van der Waals surface area contributed by atoms with E-state index in [-0.39, 0.29) is 0 Å². The minimum absolute atomic E-state index is 0.664.